The summed E-state index contributed by atoms with van der Waals surface area (Å²) in [4.78, 5) is 0.181. The van der Waals surface area contributed by atoms with Crippen molar-refractivity contribution in [3.05, 3.63) is 18.2 Å². The van der Waals surface area contributed by atoms with Crippen molar-refractivity contribution in [3.8, 4) is 11.5 Å². The standard InChI is InChI=1S/C14H20N2O4S.ClH/c1-14(9-15)5-6-16(10-14)21(17,18)12-4-2-3-11-13(12)20-8-7-19-11;/h2-4H,5-10,15H2,1H3;1H. The predicted molar refractivity (Wildman–Crippen MR) is 85.2 cm³/mol. The van der Waals surface area contributed by atoms with Crippen molar-refractivity contribution >= 4 is 22.4 Å². The molecule has 124 valence electrons. The molecule has 8 heteroatoms. The third kappa shape index (κ3) is 2.90. The summed E-state index contributed by atoms with van der Waals surface area (Å²) in [7, 11) is -3.59. The minimum absolute atomic E-state index is 0. The molecule has 1 aromatic rings. The van der Waals surface area contributed by atoms with Gasteiger partial charge in [0.1, 0.15) is 18.1 Å². The molecular weight excluding hydrogens is 328 g/mol. The van der Waals surface area contributed by atoms with Crippen LogP contribution in [0.15, 0.2) is 23.1 Å². The number of nitrogens with two attached hydrogens (primary N) is 1. The van der Waals surface area contributed by atoms with Crippen LogP contribution in [0.4, 0.5) is 0 Å². The zero-order valence-electron chi connectivity index (χ0n) is 12.4. The summed E-state index contributed by atoms with van der Waals surface area (Å²) in [5, 5.41) is 0. The van der Waals surface area contributed by atoms with Crippen LogP contribution in [0.5, 0.6) is 11.5 Å². The number of para-hydroxylation sites is 1. The number of halogens is 1. The van der Waals surface area contributed by atoms with E-state index in [4.69, 9.17) is 15.2 Å². The van der Waals surface area contributed by atoms with Crippen LogP contribution in [0.3, 0.4) is 0 Å². The Morgan fingerprint density at radius 1 is 1.32 bits per heavy atom. The zero-order valence-corrected chi connectivity index (χ0v) is 14.1. The van der Waals surface area contributed by atoms with Crippen molar-refractivity contribution < 1.29 is 17.9 Å². The van der Waals surface area contributed by atoms with Crippen LogP contribution in [-0.4, -0.2) is 45.6 Å². The van der Waals surface area contributed by atoms with E-state index in [1.807, 2.05) is 6.92 Å². The number of nitrogens with zero attached hydrogens (tertiary/aromatic N) is 1. The Labute approximate surface area is 137 Å². The average molecular weight is 349 g/mol. The lowest BCUT2D eigenvalue weighted by molar-refractivity contribution is 0.166. The molecular formula is C14H21ClN2O4S. The van der Waals surface area contributed by atoms with Crippen molar-refractivity contribution in [2.75, 3.05) is 32.8 Å². The van der Waals surface area contributed by atoms with Gasteiger partial charge in [0.05, 0.1) is 0 Å². The zero-order chi connectivity index (χ0) is 15.1. The molecule has 1 fully saturated rings. The second-order valence-corrected chi connectivity index (χ2v) is 7.79. The van der Waals surface area contributed by atoms with Crippen LogP contribution in [-0.2, 0) is 10.0 Å². The molecule has 6 nitrogen and oxygen atoms in total. The van der Waals surface area contributed by atoms with Gasteiger partial charge in [0.2, 0.25) is 10.0 Å². The summed E-state index contributed by atoms with van der Waals surface area (Å²) < 4.78 is 38.2. The average Bonchev–Trinajstić information content (AvgIpc) is 2.91. The van der Waals surface area contributed by atoms with Crippen molar-refractivity contribution in [2.24, 2.45) is 11.1 Å². The molecule has 1 atom stereocenters. The summed E-state index contributed by atoms with van der Waals surface area (Å²) in [5.41, 5.74) is 5.60. The van der Waals surface area contributed by atoms with Gasteiger partial charge in [0, 0.05) is 13.1 Å². The molecule has 0 bridgehead atoms. The largest absolute Gasteiger partial charge is 0.486 e. The fraction of sp³-hybridized carbons (Fsp3) is 0.571. The number of hydrogen-bond acceptors (Lipinski definition) is 5. The Morgan fingerprint density at radius 2 is 2.05 bits per heavy atom. The second kappa shape index (κ2) is 6.23. The SMILES string of the molecule is CC1(CN)CCN(S(=O)(=O)c2cccc3c2OCCO3)C1.Cl. The number of sulfonamides is 1. The fourth-order valence-electron chi connectivity index (χ4n) is 2.74. The van der Waals surface area contributed by atoms with E-state index < -0.39 is 10.0 Å². The number of benzene rings is 1. The Hall–Kier alpha value is -1.02. The van der Waals surface area contributed by atoms with E-state index in [9.17, 15) is 8.42 Å². The van der Waals surface area contributed by atoms with E-state index in [0.717, 1.165) is 6.42 Å². The third-order valence-corrected chi connectivity index (χ3v) is 6.03. The van der Waals surface area contributed by atoms with Crippen LogP contribution in [0.25, 0.3) is 0 Å². The van der Waals surface area contributed by atoms with E-state index in [-0.39, 0.29) is 22.7 Å². The molecule has 1 unspecified atom stereocenters. The summed E-state index contributed by atoms with van der Waals surface area (Å²) in [6.07, 6.45) is 0.773. The Morgan fingerprint density at radius 3 is 2.73 bits per heavy atom. The van der Waals surface area contributed by atoms with Crippen LogP contribution >= 0.6 is 12.4 Å². The monoisotopic (exact) mass is 348 g/mol. The molecule has 0 spiro atoms. The molecule has 1 aromatic carbocycles. The fourth-order valence-corrected chi connectivity index (χ4v) is 4.48. The summed E-state index contributed by atoms with van der Waals surface area (Å²) in [5.74, 6) is 0.813. The Bertz CT molecular complexity index is 652. The minimum Gasteiger partial charge on any atom is -0.486 e. The predicted octanol–water partition coefficient (Wildman–Crippen LogP) is 1.24. The van der Waals surface area contributed by atoms with Gasteiger partial charge in [-0.2, -0.15) is 4.31 Å². The first-order valence-electron chi connectivity index (χ1n) is 7.05. The van der Waals surface area contributed by atoms with Crippen molar-refractivity contribution in [2.45, 2.75) is 18.2 Å². The summed E-state index contributed by atoms with van der Waals surface area (Å²) in [6, 6.07) is 4.97. The van der Waals surface area contributed by atoms with Gasteiger partial charge in [-0.05, 0) is 30.5 Å². The number of rotatable bonds is 3. The van der Waals surface area contributed by atoms with Gasteiger partial charge < -0.3 is 15.2 Å². The van der Waals surface area contributed by atoms with Gasteiger partial charge in [-0.15, -0.1) is 12.4 Å². The van der Waals surface area contributed by atoms with Crippen molar-refractivity contribution in [1.29, 1.82) is 0 Å². The van der Waals surface area contributed by atoms with E-state index in [2.05, 4.69) is 0 Å². The molecule has 0 radical (unpaired) electrons. The Balaban J connectivity index is 0.00000176. The van der Waals surface area contributed by atoms with Crippen molar-refractivity contribution in [3.63, 3.8) is 0 Å². The molecule has 2 N–H and O–H groups in total. The molecule has 1 saturated heterocycles. The third-order valence-electron chi connectivity index (χ3n) is 4.16. The molecule has 2 aliphatic heterocycles. The lowest BCUT2D eigenvalue weighted by Gasteiger charge is -2.25. The van der Waals surface area contributed by atoms with E-state index in [1.165, 1.54) is 4.31 Å². The summed E-state index contributed by atoms with van der Waals surface area (Å²) >= 11 is 0. The van der Waals surface area contributed by atoms with Crippen LogP contribution < -0.4 is 15.2 Å². The van der Waals surface area contributed by atoms with Gasteiger partial charge in [-0.1, -0.05) is 13.0 Å². The molecule has 22 heavy (non-hydrogen) atoms. The molecule has 2 heterocycles. The quantitative estimate of drug-likeness (QED) is 0.888. The highest BCUT2D eigenvalue weighted by Crippen LogP contribution is 2.40. The van der Waals surface area contributed by atoms with Gasteiger partial charge in [0.25, 0.3) is 0 Å². The lowest BCUT2D eigenvalue weighted by Crippen LogP contribution is -2.35. The first-order chi connectivity index (χ1) is 9.96. The molecule has 0 amide bonds. The number of fused-ring (bicyclic) bond motifs is 1. The molecule has 0 saturated carbocycles. The maximum Gasteiger partial charge on any atom is 0.246 e. The minimum atomic E-state index is -3.59. The van der Waals surface area contributed by atoms with Gasteiger partial charge in [0.15, 0.2) is 11.5 Å². The van der Waals surface area contributed by atoms with Gasteiger partial charge in [-0.3, -0.25) is 0 Å². The van der Waals surface area contributed by atoms with Gasteiger partial charge in [-0.25, -0.2) is 8.42 Å². The molecule has 2 aliphatic rings. The molecule has 3 rings (SSSR count). The van der Waals surface area contributed by atoms with E-state index in [0.29, 0.717) is 44.3 Å². The summed E-state index contributed by atoms with van der Waals surface area (Å²) in [6.45, 7) is 4.22. The highest BCUT2D eigenvalue weighted by atomic mass is 35.5. The van der Waals surface area contributed by atoms with Gasteiger partial charge >= 0.3 is 0 Å². The second-order valence-electron chi connectivity index (χ2n) is 5.88. The van der Waals surface area contributed by atoms with Crippen LogP contribution in [0.1, 0.15) is 13.3 Å². The number of ether oxygens (including phenoxy) is 2. The van der Waals surface area contributed by atoms with E-state index >= 15 is 0 Å². The van der Waals surface area contributed by atoms with Crippen molar-refractivity contribution in [1.82, 2.24) is 4.31 Å². The normalized spacial score (nSPS) is 24.8. The lowest BCUT2D eigenvalue weighted by atomic mass is 9.90. The smallest absolute Gasteiger partial charge is 0.246 e. The van der Waals surface area contributed by atoms with Crippen LogP contribution in [0.2, 0.25) is 0 Å². The highest BCUT2D eigenvalue weighted by Gasteiger charge is 2.40. The molecule has 0 aliphatic carbocycles. The number of hydrogen-bond donors (Lipinski definition) is 1. The Kier molecular flexibility index (Phi) is 4.91. The topological polar surface area (TPSA) is 81.9 Å². The first-order valence-corrected chi connectivity index (χ1v) is 8.49. The maximum absolute atomic E-state index is 12.9. The first kappa shape index (κ1) is 17.3. The maximum atomic E-state index is 12.9. The van der Waals surface area contributed by atoms with Crippen LogP contribution in [0, 0.1) is 5.41 Å². The highest BCUT2D eigenvalue weighted by molar-refractivity contribution is 7.89. The molecule has 0 aromatic heterocycles. The van der Waals surface area contributed by atoms with E-state index in [1.54, 1.807) is 18.2 Å².